The van der Waals surface area contributed by atoms with Crippen LogP contribution in [-0.4, -0.2) is 91.2 Å². The number of ether oxygens (including phenoxy) is 4. The normalized spacial score (nSPS) is 29.3. The van der Waals surface area contributed by atoms with Crippen molar-refractivity contribution < 1.29 is 46.5 Å². The van der Waals surface area contributed by atoms with Crippen LogP contribution < -0.4 is 14.2 Å². The molecule has 6 rings (SSSR count). The molecule has 1 N–H and O–H groups in total. The lowest BCUT2D eigenvalue weighted by molar-refractivity contribution is -0.160. The van der Waals surface area contributed by atoms with E-state index in [1.165, 1.54) is 4.90 Å². The van der Waals surface area contributed by atoms with Crippen LogP contribution in [0.3, 0.4) is 0 Å². The summed E-state index contributed by atoms with van der Waals surface area (Å²) in [7, 11) is -2.41. The molecule has 0 bridgehead atoms. The second-order valence-corrected chi connectivity index (χ2v) is 20.7. The molecule has 15 heteroatoms. The van der Waals surface area contributed by atoms with Crippen LogP contribution in [0.2, 0.25) is 5.02 Å². The molecule has 2 saturated carbocycles. The summed E-state index contributed by atoms with van der Waals surface area (Å²) in [5, 5.41) is 1.69. The number of hydrogen-bond acceptors (Lipinski definition) is 11. The molecule has 318 valence electrons. The zero-order valence-electron chi connectivity index (χ0n) is 34.7. The van der Waals surface area contributed by atoms with Crippen molar-refractivity contribution in [2.45, 2.75) is 122 Å². The molecule has 1 aromatic carbocycles. The average molecular weight is 844 g/mol. The first kappa shape index (κ1) is 43.8. The molecule has 13 nitrogen and oxygen atoms in total. The van der Waals surface area contributed by atoms with Crippen LogP contribution in [-0.2, 0) is 38.7 Å². The quantitative estimate of drug-likeness (QED) is 0.147. The number of nitrogens with zero attached hydrogens (tertiary/aromatic N) is 2. The third-order valence-corrected chi connectivity index (χ3v) is 14.7. The van der Waals surface area contributed by atoms with Gasteiger partial charge < -0.3 is 23.8 Å². The summed E-state index contributed by atoms with van der Waals surface area (Å²) in [4.78, 5) is 63.3. The number of rotatable bonds is 11. The molecule has 2 aromatic rings. The Bertz CT molecular complexity index is 2050. The number of ketones is 1. The SMILES string of the molecule is COCCOc1cc2c(Cl)cccc2c(O[C@@H]2C[C@H]3C(=O)C[C@]4(C(=O)NS(=O)(=O)C5(C)CC5)C[C@H]4/C=C\CC[C@@H](C)C[C@@H](C)[C@H](CC(=O)OC(C)(C)C)C(=O)N3C2)n1. The molecule has 1 saturated heterocycles. The van der Waals surface area contributed by atoms with Gasteiger partial charge in [0.05, 0.1) is 41.7 Å². The van der Waals surface area contributed by atoms with Gasteiger partial charge in [0.1, 0.15) is 18.3 Å². The van der Waals surface area contributed by atoms with Crippen molar-refractivity contribution in [1.29, 1.82) is 0 Å². The number of esters is 1. The second-order valence-electron chi connectivity index (χ2n) is 18.1. The van der Waals surface area contributed by atoms with Gasteiger partial charge in [-0.1, -0.05) is 43.7 Å². The molecule has 58 heavy (non-hydrogen) atoms. The first-order valence-electron chi connectivity index (χ1n) is 20.4. The molecule has 4 aliphatic rings. The molecule has 0 radical (unpaired) electrons. The van der Waals surface area contributed by atoms with E-state index in [9.17, 15) is 27.6 Å². The maximum absolute atomic E-state index is 15.0. The van der Waals surface area contributed by atoms with Gasteiger partial charge in [-0.05, 0) is 96.1 Å². The number of methoxy groups -OCH3 is 1. The summed E-state index contributed by atoms with van der Waals surface area (Å²) in [5.41, 5.74) is -2.06. The molecule has 2 aliphatic heterocycles. The Labute approximate surface area is 347 Å². The van der Waals surface area contributed by atoms with Crippen molar-refractivity contribution in [2.75, 3.05) is 26.9 Å². The molecule has 3 fully saturated rings. The number of Topliss-reactive ketones (excluding diaryl/α,β-unsaturated/α-hetero) is 1. The van der Waals surface area contributed by atoms with E-state index >= 15 is 0 Å². The third kappa shape index (κ3) is 9.81. The number of halogens is 1. The highest BCUT2D eigenvalue weighted by molar-refractivity contribution is 7.91. The number of allylic oxidation sites excluding steroid dienone is 2. The van der Waals surface area contributed by atoms with Gasteiger partial charge in [-0.15, -0.1) is 0 Å². The average Bonchev–Trinajstić information content (AvgIpc) is 4.02. The lowest BCUT2D eigenvalue weighted by Crippen LogP contribution is -2.48. The van der Waals surface area contributed by atoms with E-state index in [0.29, 0.717) is 54.5 Å². The first-order valence-corrected chi connectivity index (χ1v) is 22.3. The monoisotopic (exact) mass is 843 g/mol. The van der Waals surface area contributed by atoms with Gasteiger partial charge in [-0.25, -0.2) is 8.42 Å². The zero-order valence-corrected chi connectivity index (χ0v) is 36.2. The topological polar surface area (TPSA) is 168 Å². The van der Waals surface area contributed by atoms with Crippen LogP contribution in [0.5, 0.6) is 11.8 Å². The maximum Gasteiger partial charge on any atom is 0.307 e. The Balaban J connectivity index is 1.36. The van der Waals surface area contributed by atoms with Crippen LogP contribution in [0.15, 0.2) is 36.4 Å². The molecule has 3 heterocycles. The van der Waals surface area contributed by atoms with Gasteiger partial charge in [-0.2, -0.15) is 4.98 Å². The highest BCUT2D eigenvalue weighted by Gasteiger charge is 2.62. The summed E-state index contributed by atoms with van der Waals surface area (Å²) in [5.74, 6) is -2.73. The lowest BCUT2D eigenvalue weighted by atomic mass is 9.82. The molecule has 0 unspecified atom stereocenters. The van der Waals surface area contributed by atoms with Crippen molar-refractivity contribution in [2.24, 2.45) is 29.1 Å². The van der Waals surface area contributed by atoms with E-state index in [-0.39, 0.29) is 73.6 Å². The minimum atomic E-state index is -3.97. The largest absolute Gasteiger partial charge is 0.475 e. The van der Waals surface area contributed by atoms with Gasteiger partial charge in [0.2, 0.25) is 33.6 Å². The summed E-state index contributed by atoms with van der Waals surface area (Å²) in [6, 6.07) is 6.01. The third-order valence-electron chi connectivity index (χ3n) is 12.2. The molecule has 1 aromatic heterocycles. The van der Waals surface area contributed by atoms with Crippen molar-refractivity contribution in [3.8, 4) is 11.8 Å². The highest BCUT2D eigenvalue weighted by Crippen LogP contribution is 2.58. The van der Waals surface area contributed by atoms with Crippen LogP contribution in [0, 0.1) is 29.1 Å². The van der Waals surface area contributed by atoms with Gasteiger partial charge in [0.15, 0.2) is 5.78 Å². The molecule has 7 atom stereocenters. The van der Waals surface area contributed by atoms with E-state index in [1.807, 2.05) is 25.1 Å². The maximum atomic E-state index is 15.0. The van der Waals surface area contributed by atoms with Gasteiger partial charge in [0, 0.05) is 41.8 Å². The fraction of sp³-hybridized carbons (Fsp3) is 0.651. The number of aromatic nitrogens is 1. The second kappa shape index (κ2) is 17.1. The van der Waals surface area contributed by atoms with Crippen LogP contribution in [0.25, 0.3) is 10.8 Å². The molecular weight excluding hydrogens is 786 g/mol. The van der Waals surface area contributed by atoms with E-state index in [0.717, 1.165) is 6.42 Å². The number of amides is 2. The number of pyridine rings is 1. The van der Waals surface area contributed by atoms with Gasteiger partial charge in [-0.3, -0.25) is 23.9 Å². The minimum Gasteiger partial charge on any atom is -0.475 e. The van der Waals surface area contributed by atoms with E-state index < -0.39 is 55.7 Å². The number of nitrogens with one attached hydrogen (secondary N) is 1. The Morgan fingerprint density at radius 1 is 1.09 bits per heavy atom. The van der Waals surface area contributed by atoms with E-state index in [4.69, 9.17) is 30.5 Å². The number of benzene rings is 1. The molecular formula is C43H58ClN3O10S. The van der Waals surface area contributed by atoms with Crippen molar-refractivity contribution in [1.82, 2.24) is 14.6 Å². The van der Waals surface area contributed by atoms with Crippen molar-refractivity contribution in [3.63, 3.8) is 0 Å². The van der Waals surface area contributed by atoms with Gasteiger partial charge >= 0.3 is 5.97 Å². The number of fused-ring (bicyclic) bond motifs is 3. The summed E-state index contributed by atoms with van der Waals surface area (Å²) >= 11 is 6.62. The molecule has 0 spiro atoms. The summed E-state index contributed by atoms with van der Waals surface area (Å²) < 4.78 is 51.1. The van der Waals surface area contributed by atoms with Gasteiger partial charge in [0.25, 0.3) is 0 Å². The van der Waals surface area contributed by atoms with Crippen LogP contribution >= 0.6 is 11.6 Å². The smallest absolute Gasteiger partial charge is 0.307 e. The van der Waals surface area contributed by atoms with Crippen molar-refractivity contribution >= 4 is 56.0 Å². The number of carbonyl (C=O) groups excluding carboxylic acids is 4. The molecule has 2 amide bonds. The minimum absolute atomic E-state index is 0.00388. The lowest BCUT2D eigenvalue weighted by Gasteiger charge is -2.32. The number of sulfonamides is 1. The van der Waals surface area contributed by atoms with Crippen LogP contribution in [0.1, 0.15) is 99.3 Å². The van der Waals surface area contributed by atoms with Crippen molar-refractivity contribution in [3.05, 3.63) is 41.4 Å². The zero-order chi connectivity index (χ0) is 42.2. The number of hydrogen-bond donors (Lipinski definition) is 1. The fourth-order valence-electron chi connectivity index (χ4n) is 8.39. The Kier molecular flexibility index (Phi) is 12.9. The van der Waals surface area contributed by atoms with E-state index in [1.54, 1.807) is 53.0 Å². The number of carbonyl (C=O) groups is 4. The van der Waals surface area contributed by atoms with E-state index in [2.05, 4.69) is 16.6 Å². The highest BCUT2D eigenvalue weighted by atomic mass is 35.5. The predicted octanol–water partition coefficient (Wildman–Crippen LogP) is 6.59. The summed E-state index contributed by atoms with van der Waals surface area (Å²) in [6.07, 6.45) is 6.19. The van der Waals surface area contributed by atoms with Crippen LogP contribution in [0.4, 0.5) is 0 Å². The first-order chi connectivity index (χ1) is 27.3. The standard InChI is InChI=1S/C43H58ClN3O10S/c1-26-11-8-9-12-28-23-43(28,40(51)46-58(52,53)42(6)15-16-42)24-35(48)34-20-29(25-47(34)39(50)31(27(2)19-26)22-37(49)57-41(3,4)5)56-38-30-13-10-14-33(44)32(30)21-36(45-38)55-18-17-54-7/h9-10,12-14,21,26-29,31,34H,8,11,15-20,22-25H2,1-7H3,(H,46,51)/b12-9-/t26-,27-,28-,29-,31+,34+,43-/m1/s1. The predicted molar refractivity (Wildman–Crippen MR) is 219 cm³/mol. The Hall–Kier alpha value is -3.75. The molecule has 2 aliphatic carbocycles. The summed E-state index contributed by atoms with van der Waals surface area (Å²) in [6.45, 7) is 11.5. The Morgan fingerprint density at radius 2 is 1.83 bits per heavy atom. The Morgan fingerprint density at radius 3 is 2.52 bits per heavy atom. The fourth-order valence-corrected chi connectivity index (χ4v) is 9.95.